The van der Waals surface area contributed by atoms with Crippen LogP contribution in [0.3, 0.4) is 0 Å². The van der Waals surface area contributed by atoms with Gasteiger partial charge in [0.1, 0.15) is 16.2 Å². The molecule has 37 heavy (non-hydrogen) atoms. The number of ether oxygens (including phenoxy) is 1. The van der Waals surface area contributed by atoms with Gasteiger partial charge in [0.15, 0.2) is 5.75 Å². The monoisotopic (exact) mass is 648 g/mol. The van der Waals surface area contributed by atoms with Gasteiger partial charge in [-0.25, -0.2) is 9.69 Å². The van der Waals surface area contributed by atoms with Crippen LogP contribution in [0.25, 0.3) is 6.08 Å². The molecule has 1 aliphatic heterocycles. The first-order chi connectivity index (χ1) is 17.6. The van der Waals surface area contributed by atoms with Crippen molar-refractivity contribution in [3.05, 3.63) is 86.8 Å². The van der Waals surface area contributed by atoms with Gasteiger partial charge < -0.3 is 8.92 Å². The molecule has 3 aromatic carbocycles. The number of amides is 4. The van der Waals surface area contributed by atoms with Crippen LogP contribution in [-0.2, 0) is 19.7 Å². The minimum atomic E-state index is -4.11. The van der Waals surface area contributed by atoms with Crippen LogP contribution in [0.5, 0.6) is 11.5 Å². The van der Waals surface area contributed by atoms with Gasteiger partial charge in [-0.1, -0.05) is 18.2 Å². The maximum atomic E-state index is 13.2. The Bertz CT molecular complexity index is 1500. The average Bonchev–Trinajstić information content (AvgIpc) is 2.86. The van der Waals surface area contributed by atoms with Gasteiger partial charge in [0.2, 0.25) is 0 Å². The number of carbonyl (C=O) groups excluding carboxylic acids is 3. The summed E-state index contributed by atoms with van der Waals surface area (Å²) in [5.74, 6) is -1.14. The summed E-state index contributed by atoms with van der Waals surface area (Å²) in [6.45, 7) is 2.28. The summed E-state index contributed by atoms with van der Waals surface area (Å²) in [6, 6.07) is 16.0. The lowest BCUT2D eigenvalue weighted by molar-refractivity contribution is -0.122. The van der Waals surface area contributed by atoms with E-state index in [1.807, 2.05) is 6.92 Å². The van der Waals surface area contributed by atoms with Crippen LogP contribution >= 0.6 is 31.9 Å². The number of imide groups is 2. The smallest absolute Gasteiger partial charge is 0.339 e. The van der Waals surface area contributed by atoms with E-state index in [9.17, 15) is 22.8 Å². The molecule has 3 aromatic rings. The predicted molar refractivity (Wildman–Crippen MR) is 143 cm³/mol. The molecule has 9 nitrogen and oxygen atoms in total. The Hall–Kier alpha value is -3.48. The fourth-order valence-corrected chi connectivity index (χ4v) is 5.99. The summed E-state index contributed by atoms with van der Waals surface area (Å²) in [7, 11) is -4.11. The molecule has 0 aromatic heterocycles. The van der Waals surface area contributed by atoms with Crippen LogP contribution in [0.1, 0.15) is 12.5 Å². The van der Waals surface area contributed by atoms with Crippen molar-refractivity contribution in [1.29, 1.82) is 0 Å². The maximum absolute atomic E-state index is 13.2. The number of hydrogen-bond donors (Lipinski definition) is 1. The molecular weight excluding hydrogens is 632 g/mol. The van der Waals surface area contributed by atoms with E-state index >= 15 is 0 Å². The Kier molecular flexibility index (Phi) is 7.81. The molecule has 0 unspecified atom stereocenters. The second-order valence-electron chi connectivity index (χ2n) is 7.55. The van der Waals surface area contributed by atoms with Gasteiger partial charge >= 0.3 is 16.1 Å². The number of nitrogens with one attached hydrogen (secondary N) is 1. The van der Waals surface area contributed by atoms with E-state index in [0.29, 0.717) is 17.9 Å². The molecule has 0 atom stereocenters. The quantitative estimate of drug-likeness (QED) is 0.216. The summed E-state index contributed by atoms with van der Waals surface area (Å²) in [5, 5.41) is 2.16. The third-order valence-corrected chi connectivity index (χ3v) is 7.48. The minimum Gasteiger partial charge on any atom is -0.494 e. The first-order valence-corrected chi connectivity index (χ1v) is 13.7. The SMILES string of the molecule is CCOc1ccc(N2C(=O)NC(=O)/C(=C\c3cc(Br)c(OS(=O)(=O)c4ccccc4)c(Br)c3)C2=O)cc1. The van der Waals surface area contributed by atoms with Gasteiger partial charge in [-0.05, 0) is 99.0 Å². The molecule has 0 radical (unpaired) electrons. The molecule has 4 amide bonds. The van der Waals surface area contributed by atoms with Crippen molar-refractivity contribution in [2.45, 2.75) is 11.8 Å². The van der Waals surface area contributed by atoms with Crippen LogP contribution < -0.4 is 19.1 Å². The fraction of sp³-hybridized carbons (Fsp3) is 0.0800. The van der Waals surface area contributed by atoms with Crippen molar-refractivity contribution in [3.8, 4) is 11.5 Å². The highest BCUT2D eigenvalue weighted by molar-refractivity contribution is 9.11. The molecule has 1 N–H and O–H groups in total. The van der Waals surface area contributed by atoms with Crippen molar-refractivity contribution in [1.82, 2.24) is 5.32 Å². The highest BCUT2D eigenvalue weighted by Gasteiger charge is 2.37. The highest BCUT2D eigenvalue weighted by Crippen LogP contribution is 2.37. The molecule has 0 spiro atoms. The standard InChI is InChI=1S/C25H18Br2N2O7S/c1-2-35-17-10-8-16(9-11-17)29-24(31)19(23(30)28-25(29)32)12-15-13-20(26)22(21(27)14-15)36-37(33,34)18-6-4-3-5-7-18/h3-14H,2H2,1H3,(H,28,30,32)/b19-12+. The molecule has 0 bridgehead atoms. The van der Waals surface area contributed by atoms with Gasteiger partial charge in [0.05, 0.1) is 21.2 Å². The molecule has 1 aliphatic rings. The topological polar surface area (TPSA) is 119 Å². The molecule has 4 rings (SSSR count). The van der Waals surface area contributed by atoms with Gasteiger partial charge in [-0.3, -0.25) is 14.9 Å². The predicted octanol–water partition coefficient (Wildman–Crippen LogP) is 5.04. The third kappa shape index (κ3) is 5.76. The zero-order valence-electron chi connectivity index (χ0n) is 19.1. The Morgan fingerprint density at radius 3 is 2.16 bits per heavy atom. The zero-order chi connectivity index (χ0) is 26.7. The number of nitrogens with zero attached hydrogens (tertiary/aromatic N) is 1. The summed E-state index contributed by atoms with van der Waals surface area (Å²) in [5.41, 5.74) is 0.321. The van der Waals surface area contributed by atoms with Crippen LogP contribution in [0, 0.1) is 0 Å². The lowest BCUT2D eigenvalue weighted by Crippen LogP contribution is -2.54. The van der Waals surface area contributed by atoms with Crippen LogP contribution in [0.15, 0.2) is 86.1 Å². The van der Waals surface area contributed by atoms with Crippen molar-refractivity contribution in [2.24, 2.45) is 0 Å². The lowest BCUT2D eigenvalue weighted by atomic mass is 10.1. The number of rotatable bonds is 7. The lowest BCUT2D eigenvalue weighted by Gasteiger charge is -2.26. The second kappa shape index (κ2) is 10.9. The molecule has 1 saturated heterocycles. The molecule has 1 fully saturated rings. The van der Waals surface area contributed by atoms with Crippen molar-refractivity contribution in [2.75, 3.05) is 11.5 Å². The Balaban J connectivity index is 1.64. The summed E-state index contributed by atoms with van der Waals surface area (Å²) in [6.07, 6.45) is 1.29. The molecule has 1 heterocycles. The number of barbiturate groups is 1. The van der Waals surface area contributed by atoms with Crippen molar-refractivity contribution in [3.63, 3.8) is 0 Å². The van der Waals surface area contributed by atoms with E-state index in [4.69, 9.17) is 8.92 Å². The maximum Gasteiger partial charge on any atom is 0.339 e. The molecule has 0 aliphatic carbocycles. The number of hydrogen-bond acceptors (Lipinski definition) is 7. The van der Waals surface area contributed by atoms with Crippen molar-refractivity contribution >= 4 is 71.6 Å². The summed E-state index contributed by atoms with van der Waals surface area (Å²) >= 11 is 6.57. The van der Waals surface area contributed by atoms with E-state index in [1.165, 1.54) is 42.5 Å². The van der Waals surface area contributed by atoms with E-state index in [-0.39, 0.29) is 30.9 Å². The third-order valence-electron chi connectivity index (χ3n) is 5.06. The highest BCUT2D eigenvalue weighted by atomic mass is 79.9. The van der Waals surface area contributed by atoms with Crippen LogP contribution in [0.2, 0.25) is 0 Å². The summed E-state index contributed by atoms with van der Waals surface area (Å²) in [4.78, 5) is 39.0. The van der Waals surface area contributed by atoms with E-state index in [1.54, 1.807) is 30.3 Å². The summed E-state index contributed by atoms with van der Waals surface area (Å²) < 4.78 is 36.4. The second-order valence-corrected chi connectivity index (χ2v) is 10.8. The van der Waals surface area contributed by atoms with E-state index in [0.717, 1.165) is 4.90 Å². The first-order valence-electron chi connectivity index (χ1n) is 10.7. The Morgan fingerprint density at radius 2 is 1.57 bits per heavy atom. The Morgan fingerprint density at radius 1 is 0.946 bits per heavy atom. The van der Waals surface area contributed by atoms with Gasteiger partial charge in [-0.15, -0.1) is 0 Å². The fourth-order valence-electron chi connectivity index (χ4n) is 3.40. The largest absolute Gasteiger partial charge is 0.494 e. The number of carbonyl (C=O) groups is 3. The molecular formula is C25H18Br2N2O7S. The van der Waals surface area contributed by atoms with Crippen LogP contribution in [0.4, 0.5) is 10.5 Å². The Labute approximate surface area is 229 Å². The molecule has 190 valence electrons. The van der Waals surface area contributed by atoms with Gasteiger partial charge in [0.25, 0.3) is 11.8 Å². The first kappa shape index (κ1) is 26.6. The molecule has 0 saturated carbocycles. The van der Waals surface area contributed by atoms with Gasteiger partial charge in [-0.2, -0.15) is 8.42 Å². The number of urea groups is 1. The normalized spacial score (nSPS) is 15.1. The average molecular weight is 650 g/mol. The number of benzene rings is 3. The molecule has 12 heteroatoms. The zero-order valence-corrected chi connectivity index (χ0v) is 23.1. The minimum absolute atomic E-state index is 0.0170. The van der Waals surface area contributed by atoms with Crippen molar-refractivity contribution < 1.29 is 31.7 Å². The van der Waals surface area contributed by atoms with Gasteiger partial charge in [0, 0.05) is 0 Å². The number of anilines is 1. The van der Waals surface area contributed by atoms with E-state index < -0.39 is 28.0 Å². The number of halogens is 2. The van der Waals surface area contributed by atoms with Crippen LogP contribution in [-0.4, -0.2) is 32.9 Å². The van der Waals surface area contributed by atoms with E-state index in [2.05, 4.69) is 37.2 Å².